The van der Waals surface area contributed by atoms with Gasteiger partial charge in [-0.2, -0.15) is 4.98 Å². The van der Waals surface area contributed by atoms with Gasteiger partial charge in [-0.1, -0.05) is 24.9 Å². The number of ether oxygens (including phenoxy) is 1. The van der Waals surface area contributed by atoms with E-state index >= 15 is 0 Å². The number of nitrogens with zero attached hydrogens (tertiary/aromatic N) is 3. The van der Waals surface area contributed by atoms with Crippen LogP contribution in [-0.2, 0) is 22.5 Å². The fourth-order valence-corrected chi connectivity index (χ4v) is 2.65. The normalized spacial score (nSPS) is 19.6. The molecule has 1 aliphatic heterocycles. The summed E-state index contributed by atoms with van der Waals surface area (Å²) in [5, 5.41) is 4.00. The molecule has 0 N–H and O–H groups in total. The van der Waals surface area contributed by atoms with Crippen molar-refractivity contribution in [2.24, 2.45) is 0 Å². The van der Waals surface area contributed by atoms with E-state index in [-0.39, 0.29) is 12.0 Å². The molecule has 1 atom stereocenters. The fraction of sp³-hybridized carbons (Fsp3) is 0.800. The largest absolute Gasteiger partial charge is 0.465 e. The molecule has 118 valence electrons. The van der Waals surface area contributed by atoms with E-state index in [0.29, 0.717) is 19.0 Å². The molecule has 0 bridgehead atoms. The van der Waals surface area contributed by atoms with Crippen LogP contribution in [0, 0.1) is 0 Å². The minimum atomic E-state index is -0.176. The Bertz CT molecular complexity index is 447. The van der Waals surface area contributed by atoms with Crippen LogP contribution in [0.15, 0.2) is 4.52 Å². The van der Waals surface area contributed by atoms with Crippen LogP contribution in [0.2, 0.25) is 0 Å². The van der Waals surface area contributed by atoms with Crippen LogP contribution in [0.4, 0.5) is 0 Å². The van der Waals surface area contributed by atoms with Gasteiger partial charge in [-0.05, 0) is 32.7 Å². The number of rotatable bonds is 7. The molecule has 1 saturated heterocycles. The molecule has 2 rings (SSSR count). The van der Waals surface area contributed by atoms with Crippen molar-refractivity contribution in [3.63, 3.8) is 0 Å². The van der Waals surface area contributed by atoms with Gasteiger partial charge in [-0.3, -0.25) is 9.69 Å². The lowest BCUT2D eigenvalue weighted by Gasteiger charge is -2.32. The summed E-state index contributed by atoms with van der Waals surface area (Å²) in [7, 11) is 0. The summed E-state index contributed by atoms with van der Waals surface area (Å²) >= 11 is 0. The average molecular weight is 295 g/mol. The zero-order valence-corrected chi connectivity index (χ0v) is 13.0. The second kappa shape index (κ2) is 8.12. The van der Waals surface area contributed by atoms with Crippen molar-refractivity contribution in [1.82, 2.24) is 15.0 Å². The van der Waals surface area contributed by atoms with E-state index in [1.807, 2.05) is 6.92 Å². The van der Waals surface area contributed by atoms with Gasteiger partial charge < -0.3 is 9.26 Å². The molecule has 1 aliphatic rings. The highest BCUT2D eigenvalue weighted by atomic mass is 16.5. The first-order chi connectivity index (χ1) is 10.2. The number of aryl methyl sites for hydroxylation is 1. The summed E-state index contributed by atoms with van der Waals surface area (Å²) < 4.78 is 10.5. The molecule has 6 nitrogen and oxygen atoms in total. The maximum absolute atomic E-state index is 12.0. The van der Waals surface area contributed by atoms with Crippen molar-refractivity contribution >= 4 is 5.97 Å². The highest BCUT2D eigenvalue weighted by molar-refractivity contribution is 5.75. The van der Waals surface area contributed by atoms with E-state index in [2.05, 4.69) is 22.0 Å². The minimum absolute atomic E-state index is 0.136. The van der Waals surface area contributed by atoms with Crippen molar-refractivity contribution in [3.8, 4) is 0 Å². The second-order valence-electron chi connectivity index (χ2n) is 5.44. The van der Waals surface area contributed by atoms with Crippen molar-refractivity contribution in [2.75, 3.05) is 13.2 Å². The van der Waals surface area contributed by atoms with Gasteiger partial charge in [0.1, 0.15) is 6.04 Å². The molecule has 1 aromatic rings. The van der Waals surface area contributed by atoms with Crippen LogP contribution in [0.3, 0.4) is 0 Å². The van der Waals surface area contributed by atoms with Gasteiger partial charge in [0.15, 0.2) is 5.82 Å². The molecule has 1 fully saturated rings. The zero-order chi connectivity index (χ0) is 15.1. The average Bonchev–Trinajstić information content (AvgIpc) is 2.93. The number of hydrogen-bond donors (Lipinski definition) is 0. The van der Waals surface area contributed by atoms with Crippen LogP contribution >= 0.6 is 0 Å². The van der Waals surface area contributed by atoms with Crippen LogP contribution in [0.5, 0.6) is 0 Å². The van der Waals surface area contributed by atoms with Crippen molar-refractivity contribution < 1.29 is 14.1 Å². The molecule has 1 unspecified atom stereocenters. The fourth-order valence-electron chi connectivity index (χ4n) is 2.65. The number of piperidine rings is 1. The Balaban J connectivity index is 1.95. The van der Waals surface area contributed by atoms with E-state index < -0.39 is 0 Å². The Labute approximate surface area is 125 Å². The molecular weight excluding hydrogens is 270 g/mol. The molecular formula is C15H25N3O3. The number of unbranched alkanes of at least 4 members (excludes halogenated alkanes) is 1. The molecule has 0 radical (unpaired) electrons. The van der Waals surface area contributed by atoms with Gasteiger partial charge in [0, 0.05) is 6.42 Å². The lowest BCUT2D eigenvalue weighted by atomic mass is 10.0. The highest BCUT2D eigenvalue weighted by Crippen LogP contribution is 2.20. The van der Waals surface area contributed by atoms with Crippen LogP contribution in [-0.4, -0.2) is 40.2 Å². The van der Waals surface area contributed by atoms with Gasteiger partial charge in [-0.25, -0.2) is 0 Å². The van der Waals surface area contributed by atoms with Crippen LogP contribution in [0.25, 0.3) is 0 Å². The van der Waals surface area contributed by atoms with Crippen LogP contribution in [0.1, 0.15) is 57.7 Å². The van der Waals surface area contributed by atoms with Gasteiger partial charge in [-0.15, -0.1) is 0 Å². The maximum Gasteiger partial charge on any atom is 0.323 e. The smallest absolute Gasteiger partial charge is 0.323 e. The predicted octanol–water partition coefficient (Wildman–Crippen LogP) is 2.33. The van der Waals surface area contributed by atoms with E-state index in [0.717, 1.165) is 50.9 Å². The monoisotopic (exact) mass is 295 g/mol. The number of aromatic nitrogens is 2. The quantitative estimate of drug-likeness (QED) is 0.719. The van der Waals surface area contributed by atoms with E-state index in [9.17, 15) is 4.79 Å². The molecule has 1 aromatic heterocycles. The number of carbonyl (C=O) groups excluding carboxylic acids is 1. The molecule has 0 aromatic carbocycles. The Morgan fingerprint density at radius 1 is 1.43 bits per heavy atom. The third-order valence-corrected chi connectivity index (χ3v) is 3.77. The second-order valence-corrected chi connectivity index (χ2v) is 5.44. The Morgan fingerprint density at radius 2 is 2.29 bits per heavy atom. The molecule has 2 heterocycles. The number of likely N-dealkylation sites (tertiary alicyclic amines) is 1. The molecule has 21 heavy (non-hydrogen) atoms. The third-order valence-electron chi connectivity index (χ3n) is 3.77. The standard InChI is InChI=1S/C15H25N3O3/c1-3-5-9-13-16-14(21-17-13)11-18-10-7-6-8-12(18)15(19)20-4-2/h12H,3-11H2,1-2H3. The summed E-state index contributed by atoms with van der Waals surface area (Å²) in [4.78, 5) is 18.5. The third kappa shape index (κ3) is 4.52. The first kappa shape index (κ1) is 15.9. The van der Waals surface area contributed by atoms with Crippen molar-refractivity contribution in [1.29, 1.82) is 0 Å². The number of esters is 1. The SMILES string of the molecule is CCCCc1noc(CN2CCCCC2C(=O)OCC)n1. The van der Waals surface area contributed by atoms with E-state index in [1.54, 1.807) is 0 Å². The summed E-state index contributed by atoms with van der Waals surface area (Å²) in [5.74, 6) is 1.22. The summed E-state index contributed by atoms with van der Waals surface area (Å²) in [5.41, 5.74) is 0. The topological polar surface area (TPSA) is 68.5 Å². The first-order valence-electron chi connectivity index (χ1n) is 7.96. The van der Waals surface area contributed by atoms with Gasteiger partial charge in [0.05, 0.1) is 13.2 Å². The summed E-state index contributed by atoms with van der Waals surface area (Å²) in [6, 6.07) is -0.176. The lowest BCUT2D eigenvalue weighted by Crippen LogP contribution is -2.45. The van der Waals surface area contributed by atoms with E-state index in [4.69, 9.17) is 9.26 Å². The maximum atomic E-state index is 12.0. The number of hydrogen-bond acceptors (Lipinski definition) is 6. The van der Waals surface area contributed by atoms with Crippen LogP contribution < -0.4 is 0 Å². The molecule has 6 heteroatoms. The highest BCUT2D eigenvalue weighted by Gasteiger charge is 2.30. The zero-order valence-electron chi connectivity index (χ0n) is 13.0. The number of carbonyl (C=O) groups is 1. The molecule has 0 spiro atoms. The Kier molecular flexibility index (Phi) is 6.17. The Morgan fingerprint density at radius 3 is 3.05 bits per heavy atom. The first-order valence-corrected chi connectivity index (χ1v) is 7.96. The van der Waals surface area contributed by atoms with E-state index in [1.165, 1.54) is 0 Å². The minimum Gasteiger partial charge on any atom is -0.465 e. The van der Waals surface area contributed by atoms with Gasteiger partial charge >= 0.3 is 5.97 Å². The summed E-state index contributed by atoms with van der Waals surface area (Å²) in [6.07, 6.45) is 6.02. The summed E-state index contributed by atoms with van der Waals surface area (Å²) in [6.45, 7) is 5.80. The molecule has 0 amide bonds. The van der Waals surface area contributed by atoms with Gasteiger partial charge in [0.25, 0.3) is 0 Å². The molecule has 0 saturated carbocycles. The predicted molar refractivity (Wildman–Crippen MR) is 77.6 cm³/mol. The molecule has 0 aliphatic carbocycles. The van der Waals surface area contributed by atoms with Gasteiger partial charge in [0.2, 0.25) is 5.89 Å². The van der Waals surface area contributed by atoms with Crippen molar-refractivity contribution in [2.45, 2.75) is 65.0 Å². The Hall–Kier alpha value is -1.43. The lowest BCUT2D eigenvalue weighted by molar-refractivity contribution is -0.151. The van der Waals surface area contributed by atoms with Crippen molar-refractivity contribution in [3.05, 3.63) is 11.7 Å².